The number of esters is 1. The number of aliphatic hydroxyl groups is 4. The Kier molecular flexibility index (Phi) is 26.9. The zero-order chi connectivity index (χ0) is 65.7. The molecule has 0 saturated carbocycles. The van der Waals surface area contributed by atoms with Crippen LogP contribution in [0.3, 0.4) is 0 Å². The molecule has 4 aliphatic heterocycles. The summed E-state index contributed by atoms with van der Waals surface area (Å²) in [5.74, 6) is 8.49. The van der Waals surface area contributed by atoms with E-state index < -0.39 is 156 Å². The Hall–Kier alpha value is -4.82. The van der Waals surface area contributed by atoms with Crippen LogP contribution in [0.25, 0.3) is 0 Å². The van der Waals surface area contributed by atoms with Crippen LogP contribution < -0.4 is 30.9 Å². The van der Waals surface area contributed by atoms with Gasteiger partial charge in [0.25, 0.3) is 5.91 Å². The molecule has 4 heterocycles. The van der Waals surface area contributed by atoms with Crippen molar-refractivity contribution >= 4 is 71.7 Å². The molecule has 90 heavy (non-hydrogen) atoms. The highest BCUT2D eigenvalue weighted by molar-refractivity contribution is 9.09. The lowest BCUT2D eigenvalue weighted by Gasteiger charge is -2.47. The van der Waals surface area contributed by atoms with Crippen molar-refractivity contribution in [1.82, 2.24) is 16.1 Å². The number of rotatable bonds is 25. The number of allylic oxidation sites excluding steroid dienone is 2. The van der Waals surface area contributed by atoms with Crippen molar-refractivity contribution in [3.8, 4) is 35.2 Å². The van der Waals surface area contributed by atoms with Gasteiger partial charge in [-0.25, -0.2) is 9.59 Å². The van der Waals surface area contributed by atoms with Gasteiger partial charge in [0.15, 0.2) is 54.1 Å². The molecule has 2 aliphatic carbocycles. The summed E-state index contributed by atoms with van der Waals surface area (Å²) in [5.41, 5.74) is -1.10. The summed E-state index contributed by atoms with van der Waals surface area (Å²) in [6, 6.07) is 1.28. The summed E-state index contributed by atoms with van der Waals surface area (Å²) in [4.78, 5) is 62.4. The molecule has 1 aromatic carbocycles. The van der Waals surface area contributed by atoms with Gasteiger partial charge >= 0.3 is 12.1 Å². The number of anilines is 1. The fourth-order valence-electron chi connectivity index (χ4n) is 10.9. The van der Waals surface area contributed by atoms with Crippen molar-refractivity contribution in [2.45, 2.75) is 175 Å². The van der Waals surface area contributed by atoms with Gasteiger partial charge in [-0.1, -0.05) is 71.8 Å². The molecule has 20 atom stereocenters. The third kappa shape index (κ3) is 17.5. The van der Waals surface area contributed by atoms with Crippen LogP contribution in [0.15, 0.2) is 59.5 Å². The number of carbonyl (C=O) groups is 4. The molecule has 18 unspecified atom stereocenters. The first-order valence-corrected chi connectivity index (χ1v) is 34.3. The van der Waals surface area contributed by atoms with Crippen molar-refractivity contribution in [3.05, 3.63) is 65.1 Å². The van der Waals surface area contributed by atoms with Gasteiger partial charge in [-0.15, -0.1) is 0 Å². The van der Waals surface area contributed by atoms with E-state index >= 15 is 4.79 Å². The number of alkyl carbamates (subject to hydrolysis) is 1. The Morgan fingerprint density at radius 1 is 0.878 bits per heavy atom. The predicted molar refractivity (Wildman–Crippen MR) is 330 cm³/mol. The molecule has 4 fully saturated rings. The second-order valence-corrected chi connectivity index (χ2v) is 27.6. The smallest absolute Gasteiger partial charge is 0.411 e. The molecule has 498 valence electrons. The fraction of sp³-hybridized carbons (Fsp3) is 0.627. The van der Waals surface area contributed by atoms with E-state index in [2.05, 4.69) is 51.7 Å². The van der Waals surface area contributed by atoms with E-state index in [4.69, 9.17) is 66.4 Å². The minimum absolute atomic E-state index is 0.0618. The van der Waals surface area contributed by atoms with Crippen LogP contribution in [0.1, 0.15) is 64.2 Å². The normalized spacial score (nSPS) is 34.5. The molecule has 7 rings (SSSR count). The Labute approximate surface area is 536 Å². The first kappa shape index (κ1) is 72.6. The molecular formula is C59H80N4O23S4. The van der Waals surface area contributed by atoms with Crippen molar-refractivity contribution in [2.24, 2.45) is 0 Å². The number of amides is 2. The van der Waals surface area contributed by atoms with Gasteiger partial charge in [-0.05, 0) is 49.0 Å². The maximum Gasteiger partial charge on any atom is 0.411 e. The number of methoxy groups -OCH3 is 5. The van der Waals surface area contributed by atoms with Gasteiger partial charge in [0.05, 0.1) is 99.8 Å². The SMILES string of the molecule is C=C(OC)C(=O)Nc1cc(OC)c(OC)cc1C(=O)OC1CC(OC2C(=O)C(NC(=O)OC)=C3C(=CCSSSC)[C@]2(O)C#C/C=C\C#C[C@@H]3OC2OC(C)C(NOC3CC(O)C(S(C)=O)C(C)O3)C(O)C2OC2CC(OC)C(NC(C)C)CO2)OC(C)C1O. The van der Waals surface area contributed by atoms with E-state index in [0.717, 1.165) is 7.11 Å². The summed E-state index contributed by atoms with van der Waals surface area (Å²) in [6.45, 7) is 12.4. The van der Waals surface area contributed by atoms with Crippen LogP contribution in [-0.4, -0.2) is 230 Å². The number of hydrogen-bond acceptors (Lipinski definition) is 28. The van der Waals surface area contributed by atoms with Gasteiger partial charge in [0.2, 0.25) is 5.78 Å². The third-order valence-electron chi connectivity index (χ3n) is 15.4. The van der Waals surface area contributed by atoms with E-state index in [-0.39, 0.29) is 76.9 Å². The summed E-state index contributed by atoms with van der Waals surface area (Å²) >= 11 is 0. The summed E-state index contributed by atoms with van der Waals surface area (Å²) in [6.07, 6.45) is -13.4. The Morgan fingerprint density at radius 2 is 1.58 bits per heavy atom. The highest BCUT2D eigenvalue weighted by atomic mass is 33.5. The average molecular weight is 1340 g/mol. The zero-order valence-corrected chi connectivity index (χ0v) is 55.0. The van der Waals surface area contributed by atoms with E-state index in [1.807, 2.05) is 20.1 Å². The minimum Gasteiger partial charge on any atom is -0.493 e. The molecule has 2 bridgehead atoms. The fourth-order valence-corrected chi connectivity index (χ4v) is 14.5. The van der Waals surface area contributed by atoms with Crippen molar-refractivity contribution < 1.29 is 110 Å². The Bertz CT molecular complexity index is 2980. The predicted octanol–water partition coefficient (Wildman–Crippen LogP) is 2.43. The quantitative estimate of drug-likeness (QED) is 0.0133. The number of carbonyl (C=O) groups excluding carboxylic acids is 4. The van der Waals surface area contributed by atoms with E-state index in [1.165, 1.54) is 90.2 Å². The Morgan fingerprint density at radius 3 is 2.23 bits per heavy atom. The van der Waals surface area contributed by atoms with Crippen LogP contribution >= 0.6 is 31.4 Å². The zero-order valence-electron chi connectivity index (χ0n) is 51.8. The number of hydrogen-bond donors (Lipinski definition) is 8. The topological polar surface area (TPSA) is 344 Å². The van der Waals surface area contributed by atoms with E-state index in [9.17, 15) is 39.0 Å². The number of ether oxygens (including phenoxy) is 13. The Balaban J connectivity index is 1.27. The van der Waals surface area contributed by atoms with Gasteiger partial charge in [-0.3, -0.25) is 24.0 Å². The highest BCUT2D eigenvalue weighted by Gasteiger charge is 2.57. The van der Waals surface area contributed by atoms with Crippen molar-refractivity contribution in [3.63, 3.8) is 0 Å². The standard InChI is InChI=1S/C59H80N4O23S4/c1-28(2)60-36-27-78-43(25-39(36)74-8)84-52-50(66)47(63-86-45-24-37(64)53(90(13)72)31(5)80-45)29(3)81-57(52)83-38-18-16-14-15-17-20-59(71)34(19-21-88-89-87-12)46(38)48(62-58(70)77-11)51(67)54(59)85-44-26-42(49(65)30(4)79-44)82-56(69)33-22-40(75-9)41(76-10)23-35(33)61-55(68)32(6)73-7/h14-15,19,22-23,28-31,36-39,42-45,47,49-50,52-54,57,60,63-66,71H,6,21,24-27H2,1-5,7-13H3,(H,61,68)(H,62,70)/b15-14-,34-19?/t29?,30?,31?,36?,37?,38-,39?,42?,43?,44?,45?,47?,49?,50?,52?,53?,54?,57?,59+,90?/m0/s1. The summed E-state index contributed by atoms with van der Waals surface area (Å²) < 4.78 is 90.2. The number of benzene rings is 1. The second kappa shape index (κ2) is 33.3. The molecule has 8 N–H and O–H groups in total. The number of ketones is 1. The van der Waals surface area contributed by atoms with Gasteiger partial charge in [0.1, 0.15) is 30.5 Å². The molecule has 2 amide bonds. The molecular weight excluding hydrogens is 1260 g/mol. The maximum atomic E-state index is 15.6. The molecule has 0 aromatic heterocycles. The monoisotopic (exact) mass is 1340 g/mol. The lowest BCUT2D eigenvalue weighted by molar-refractivity contribution is -0.336. The second-order valence-electron chi connectivity index (χ2n) is 21.7. The molecule has 27 nitrogen and oxygen atoms in total. The number of nitrogens with one attached hydrogen (secondary N) is 4. The van der Waals surface area contributed by atoms with Crippen LogP contribution in [0, 0.1) is 23.7 Å². The molecule has 6 aliphatic rings. The molecule has 1 aromatic rings. The molecule has 31 heteroatoms. The lowest BCUT2D eigenvalue weighted by Crippen LogP contribution is -2.65. The van der Waals surface area contributed by atoms with Crippen LogP contribution in [0.4, 0.5) is 10.5 Å². The first-order chi connectivity index (χ1) is 42.9. The van der Waals surface area contributed by atoms with E-state index in [0.29, 0.717) is 0 Å². The van der Waals surface area contributed by atoms with Crippen LogP contribution in [0.2, 0.25) is 0 Å². The number of hydroxylamine groups is 1. The largest absolute Gasteiger partial charge is 0.493 e. The third-order valence-corrected chi connectivity index (χ3v) is 20.5. The summed E-state index contributed by atoms with van der Waals surface area (Å²) in [5, 5.41) is 56.3. The van der Waals surface area contributed by atoms with Gasteiger partial charge in [0, 0.05) is 78.5 Å². The lowest BCUT2D eigenvalue weighted by atomic mass is 9.73. The van der Waals surface area contributed by atoms with Crippen molar-refractivity contribution in [2.75, 3.05) is 65.7 Å². The van der Waals surface area contributed by atoms with Crippen LogP contribution in [-0.2, 0) is 77.3 Å². The van der Waals surface area contributed by atoms with Gasteiger partial charge in [-0.2, -0.15) is 5.48 Å². The minimum atomic E-state index is -2.68. The van der Waals surface area contributed by atoms with Gasteiger partial charge < -0.3 is 92.6 Å². The van der Waals surface area contributed by atoms with Crippen molar-refractivity contribution in [1.29, 1.82) is 0 Å². The number of fused-ring (bicyclic) bond motifs is 2. The number of aliphatic hydroxyl groups excluding tert-OH is 3. The maximum absolute atomic E-state index is 15.6. The molecule has 0 radical (unpaired) electrons. The first-order valence-electron chi connectivity index (χ1n) is 28.6. The molecule has 4 saturated heterocycles. The average Bonchev–Trinajstić information content (AvgIpc) is 0.766. The molecule has 0 spiro atoms. The highest BCUT2D eigenvalue weighted by Crippen LogP contribution is 2.44. The summed E-state index contributed by atoms with van der Waals surface area (Å²) in [7, 11) is 9.27. The van der Waals surface area contributed by atoms with Crippen LogP contribution in [0.5, 0.6) is 11.5 Å². The number of Topliss-reactive ketones (excluding diaryl/α,β-unsaturated/α-hetero) is 1. The van der Waals surface area contributed by atoms with E-state index in [1.54, 1.807) is 27.0 Å².